The summed E-state index contributed by atoms with van der Waals surface area (Å²) in [6.45, 7) is 1.28. The van der Waals surface area contributed by atoms with E-state index in [0.29, 0.717) is 18.8 Å². The Hall–Kier alpha value is -2.33. The lowest BCUT2D eigenvalue weighted by Gasteiger charge is -2.21. The number of furan rings is 1. The Morgan fingerprint density at radius 2 is 1.91 bits per heavy atom. The fourth-order valence-electron chi connectivity index (χ4n) is 2.31. The minimum atomic E-state index is -0.0608. The van der Waals surface area contributed by atoms with Crippen molar-refractivity contribution in [1.82, 2.24) is 4.90 Å². The van der Waals surface area contributed by atoms with Crippen LogP contribution in [0.25, 0.3) is 0 Å². The van der Waals surface area contributed by atoms with Crippen LogP contribution in [0.1, 0.15) is 21.0 Å². The van der Waals surface area contributed by atoms with Gasteiger partial charge in [0.2, 0.25) is 0 Å². The van der Waals surface area contributed by atoms with Crippen molar-refractivity contribution in [2.75, 3.05) is 6.54 Å². The number of thiophene rings is 1. The molecule has 0 spiro atoms. The van der Waals surface area contributed by atoms with Gasteiger partial charge in [-0.15, -0.1) is 11.3 Å². The number of carbonyl (C=O) groups is 1. The van der Waals surface area contributed by atoms with Gasteiger partial charge in [-0.2, -0.15) is 0 Å². The van der Waals surface area contributed by atoms with Gasteiger partial charge in [0.15, 0.2) is 5.76 Å². The first-order valence-corrected chi connectivity index (χ1v) is 8.10. The largest absolute Gasteiger partial charge is 0.459 e. The molecule has 0 unspecified atom stereocenters. The SMILES string of the molecule is O=C(c1ccco1)N(CCc1ccccc1)Cc1cccs1. The van der Waals surface area contributed by atoms with E-state index in [-0.39, 0.29) is 5.91 Å². The van der Waals surface area contributed by atoms with Gasteiger partial charge in [-0.3, -0.25) is 4.79 Å². The van der Waals surface area contributed by atoms with E-state index in [1.807, 2.05) is 34.5 Å². The maximum Gasteiger partial charge on any atom is 0.289 e. The molecule has 0 atom stereocenters. The lowest BCUT2D eigenvalue weighted by molar-refractivity contribution is 0.0714. The molecule has 3 aromatic rings. The molecule has 0 saturated carbocycles. The van der Waals surface area contributed by atoms with Crippen LogP contribution in [0, 0.1) is 0 Å². The van der Waals surface area contributed by atoms with E-state index in [4.69, 9.17) is 4.42 Å². The number of amides is 1. The molecule has 22 heavy (non-hydrogen) atoms. The standard InChI is InChI=1S/C18H17NO2S/c20-18(17-9-4-12-21-17)19(14-16-8-5-13-22-16)11-10-15-6-2-1-3-7-15/h1-9,12-13H,10-11,14H2. The Kier molecular flexibility index (Phi) is 4.71. The molecule has 2 aromatic heterocycles. The third-order valence-corrected chi connectivity index (χ3v) is 4.32. The third-order valence-electron chi connectivity index (χ3n) is 3.46. The molecule has 2 heterocycles. The van der Waals surface area contributed by atoms with Crippen molar-refractivity contribution in [1.29, 1.82) is 0 Å². The molecule has 3 nitrogen and oxygen atoms in total. The van der Waals surface area contributed by atoms with Crippen molar-refractivity contribution >= 4 is 17.2 Å². The summed E-state index contributed by atoms with van der Waals surface area (Å²) < 4.78 is 5.26. The zero-order valence-corrected chi connectivity index (χ0v) is 13.0. The monoisotopic (exact) mass is 311 g/mol. The molecule has 0 fully saturated rings. The van der Waals surface area contributed by atoms with Gasteiger partial charge in [0.25, 0.3) is 5.91 Å². The molecule has 0 aliphatic carbocycles. The summed E-state index contributed by atoms with van der Waals surface area (Å²) in [6, 6.07) is 17.7. The van der Waals surface area contributed by atoms with E-state index in [0.717, 1.165) is 6.42 Å². The summed E-state index contributed by atoms with van der Waals surface area (Å²) in [4.78, 5) is 15.6. The summed E-state index contributed by atoms with van der Waals surface area (Å²) in [5.41, 5.74) is 1.23. The van der Waals surface area contributed by atoms with Crippen molar-refractivity contribution in [3.8, 4) is 0 Å². The Balaban J connectivity index is 1.72. The van der Waals surface area contributed by atoms with Gasteiger partial charge in [-0.25, -0.2) is 0 Å². The first-order valence-electron chi connectivity index (χ1n) is 7.22. The molecule has 4 heteroatoms. The van der Waals surface area contributed by atoms with Crippen LogP contribution in [0.4, 0.5) is 0 Å². The lowest BCUT2D eigenvalue weighted by atomic mass is 10.1. The van der Waals surface area contributed by atoms with E-state index in [9.17, 15) is 4.79 Å². The van der Waals surface area contributed by atoms with E-state index >= 15 is 0 Å². The molecule has 1 amide bonds. The van der Waals surface area contributed by atoms with Crippen LogP contribution < -0.4 is 0 Å². The smallest absolute Gasteiger partial charge is 0.289 e. The van der Waals surface area contributed by atoms with Crippen molar-refractivity contribution in [2.24, 2.45) is 0 Å². The molecular weight excluding hydrogens is 294 g/mol. The summed E-state index contributed by atoms with van der Waals surface area (Å²) >= 11 is 1.66. The topological polar surface area (TPSA) is 33.5 Å². The molecule has 0 radical (unpaired) electrons. The first-order chi connectivity index (χ1) is 10.8. The Bertz CT molecular complexity index is 690. The highest BCUT2D eigenvalue weighted by Crippen LogP contribution is 2.15. The molecule has 0 bridgehead atoms. The van der Waals surface area contributed by atoms with E-state index < -0.39 is 0 Å². The number of hydrogen-bond acceptors (Lipinski definition) is 3. The summed E-state index contributed by atoms with van der Waals surface area (Å²) in [7, 11) is 0. The predicted octanol–water partition coefficient (Wildman–Crippen LogP) is 4.23. The molecule has 3 rings (SSSR count). The van der Waals surface area contributed by atoms with Gasteiger partial charge in [0.05, 0.1) is 12.8 Å². The van der Waals surface area contributed by atoms with Gasteiger partial charge in [-0.1, -0.05) is 36.4 Å². The number of rotatable bonds is 6. The van der Waals surface area contributed by atoms with Gasteiger partial charge < -0.3 is 9.32 Å². The summed E-state index contributed by atoms with van der Waals surface area (Å²) in [6.07, 6.45) is 2.37. The molecular formula is C18H17NO2S. The van der Waals surface area contributed by atoms with Crippen LogP contribution in [0.15, 0.2) is 70.7 Å². The third kappa shape index (κ3) is 3.65. The van der Waals surface area contributed by atoms with E-state index in [1.165, 1.54) is 16.7 Å². The average Bonchev–Trinajstić information content (AvgIpc) is 3.25. The Morgan fingerprint density at radius 1 is 1.05 bits per heavy atom. The fraction of sp³-hybridized carbons (Fsp3) is 0.167. The molecule has 0 aliphatic heterocycles. The summed E-state index contributed by atoms with van der Waals surface area (Å²) in [5.74, 6) is 0.332. The van der Waals surface area contributed by atoms with Crippen molar-refractivity contribution in [2.45, 2.75) is 13.0 Å². The zero-order chi connectivity index (χ0) is 15.2. The predicted molar refractivity (Wildman–Crippen MR) is 87.9 cm³/mol. The van der Waals surface area contributed by atoms with Gasteiger partial charge in [0, 0.05) is 11.4 Å². The van der Waals surface area contributed by atoms with E-state index in [1.54, 1.807) is 23.5 Å². The minimum absolute atomic E-state index is 0.0608. The van der Waals surface area contributed by atoms with Crippen LogP contribution in [0.2, 0.25) is 0 Å². The van der Waals surface area contributed by atoms with Crippen LogP contribution >= 0.6 is 11.3 Å². The number of carbonyl (C=O) groups excluding carboxylic acids is 1. The molecule has 1 aromatic carbocycles. The summed E-state index contributed by atoms with van der Waals surface area (Å²) in [5, 5.41) is 2.03. The second-order valence-corrected chi connectivity index (χ2v) is 6.05. The maximum absolute atomic E-state index is 12.6. The van der Waals surface area contributed by atoms with Crippen LogP contribution in [-0.2, 0) is 13.0 Å². The van der Waals surface area contributed by atoms with Crippen molar-refractivity contribution in [3.05, 3.63) is 82.4 Å². The molecule has 0 N–H and O–H groups in total. The number of benzene rings is 1. The average molecular weight is 311 g/mol. The molecule has 112 valence electrons. The maximum atomic E-state index is 12.6. The lowest BCUT2D eigenvalue weighted by Crippen LogP contribution is -2.32. The fourth-order valence-corrected chi connectivity index (χ4v) is 3.03. The highest BCUT2D eigenvalue weighted by Gasteiger charge is 2.18. The van der Waals surface area contributed by atoms with Crippen LogP contribution in [-0.4, -0.2) is 17.4 Å². The van der Waals surface area contributed by atoms with E-state index in [2.05, 4.69) is 18.2 Å². The normalized spacial score (nSPS) is 10.5. The van der Waals surface area contributed by atoms with Gasteiger partial charge in [-0.05, 0) is 35.6 Å². The van der Waals surface area contributed by atoms with Crippen LogP contribution in [0.5, 0.6) is 0 Å². The quantitative estimate of drug-likeness (QED) is 0.682. The molecule has 0 aliphatic rings. The van der Waals surface area contributed by atoms with Gasteiger partial charge in [0.1, 0.15) is 0 Å². The number of nitrogens with zero attached hydrogens (tertiary/aromatic N) is 1. The zero-order valence-electron chi connectivity index (χ0n) is 12.1. The van der Waals surface area contributed by atoms with Crippen LogP contribution in [0.3, 0.4) is 0 Å². The Labute approximate surface area is 133 Å². The number of hydrogen-bond donors (Lipinski definition) is 0. The van der Waals surface area contributed by atoms with Crippen molar-refractivity contribution < 1.29 is 9.21 Å². The minimum Gasteiger partial charge on any atom is -0.459 e. The first kappa shape index (κ1) is 14.6. The van der Waals surface area contributed by atoms with Crippen molar-refractivity contribution in [3.63, 3.8) is 0 Å². The molecule has 0 saturated heterocycles. The highest BCUT2D eigenvalue weighted by atomic mass is 32.1. The Morgan fingerprint density at radius 3 is 2.59 bits per heavy atom. The second kappa shape index (κ2) is 7.09. The second-order valence-electron chi connectivity index (χ2n) is 5.02. The highest BCUT2D eigenvalue weighted by molar-refractivity contribution is 7.09. The van der Waals surface area contributed by atoms with Gasteiger partial charge >= 0.3 is 0 Å².